The van der Waals surface area contributed by atoms with Crippen molar-refractivity contribution in [3.8, 4) is 11.1 Å². The molecule has 2 nitrogen and oxygen atoms in total. The standard InChI is InChI=1S/C21H14FNO/c22-18-9-5-4-8-16(18)11-13-21-23-19-12-10-17(14-20(19)24-21)15-6-2-1-3-7-15/h1-14H/b13-11+. The quantitative estimate of drug-likeness (QED) is 0.477. The van der Waals surface area contributed by atoms with Gasteiger partial charge in [0, 0.05) is 11.6 Å². The van der Waals surface area contributed by atoms with Crippen LogP contribution in [0.1, 0.15) is 11.5 Å². The first-order valence-electron chi connectivity index (χ1n) is 7.68. The van der Waals surface area contributed by atoms with E-state index in [4.69, 9.17) is 4.42 Å². The third-order valence-corrected chi connectivity index (χ3v) is 3.82. The maximum Gasteiger partial charge on any atom is 0.220 e. The molecular formula is C21H14FNO. The van der Waals surface area contributed by atoms with Crippen molar-refractivity contribution in [3.05, 3.63) is 90.1 Å². The maximum atomic E-state index is 13.6. The second-order valence-corrected chi connectivity index (χ2v) is 5.46. The van der Waals surface area contributed by atoms with Gasteiger partial charge in [-0.15, -0.1) is 0 Å². The molecule has 0 aliphatic rings. The number of hydrogen-bond acceptors (Lipinski definition) is 2. The van der Waals surface area contributed by atoms with Crippen molar-refractivity contribution in [1.82, 2.24) is 4.98 Å². The van der Waals surface area contributed by atoms with Crippen molar-refractivity contribution in [3.63, 3.8) is 0 Å². The summed E-state index contributed by atoms with van der Waals surface area (Å²) in [6.07, 6.45) is 3.35. The molecule has 4 rings (SSSR count). The summed E-state index contributed by atoms with van der Waals surface area (Å²) in [5, 5.41) is 0. The van der Waals surface area contributed by atoms with Crippen LogP contribution in [0.3, 0.4) is 0 Å². The highest BCUT2D eigenvalue weighted by Crippen LogP contribution is 2.25. The van der Waals surface area contributed by atoms with E-state index in [9.17, 15) is 4.39 Å². The van der Waals surface area contributed by atoms with Gasteiger partial charge in [0.2, 0.25) is 5.89 Å². The Morgan fingerprint density at radius 2 is 1.58 bits per heavy atom. The minimum atomic E-state index is -0.267. The van der Waals surface area contributed by atoms with Crippen LogP contribution in [-0.4, -0.2) is 4.98 Å². The Hall–Kier alpha value is -3.20. The molecule has 0 fully saturated rings. The molecule has 24 heavy (non-hydrogen) atoms. The zero-order chi connectivity index (χ0) is 16.4. The van der Waals surface area contributed by atoms with Crippen LogP contribution in [-0.2, 0) is 0 Å². The largest absolute Gasteiger partial charge is 0.437 e. The van der Waals surface area contributed by atoms with E-state index in [0.29, 0.717) is 17.0 Å². The molecule has 0 bridgehead atoms. The van der Waals surface area contributed by atoms with Crippen LogP contribution in [0.15, 0.2) is 77.2 Å². The van der Waals surface area contributed by atoms with E-state index in [-0.39, 0.29) is 5.82 Å². The van der Waals surface area contributed by atoms with E-state index in [2.05, 4.69) is 17.1 Å². The van der Waals surface area contributed by atoms with Gasteiger partial charge in [-0.2, -0.15) is 0 Å². The van der Waals surface area contributed by atoms with Gasteiger partial charge < -0.3 is 4.42 Å². The fourth-order valence-corrected chi connectivity index (χ4v) is 2.60. The van der Waals surface area contributed by atoms with Gasteiger partial charge in [0.1, 0.15) is 11.3 Å². The molecule has 0 atom stereocenters. The van der Waals surface area contributed by atoms with Gasteiger partial charge in [-0.3, -0.25) is 0 Å². The third kappa shape index (κ3) is 2.84. The predicted octanol–water partition coefficient (Wildman–Crippen LogP) is 5.80. The summed E-state index contributed by atoms with van der Waals surface area (Å²) in [4.78, 5) is 4.42. The van der Waals surface area contributed by atoms with E-state index in [1.54, 1.807) is 30.4 Å². The van der Waals surface area contributed by atoms with Crippen LogP contribution >= 0.6 is 0 Å². The number of benzene rings is 3. The monoisotopic (exact) mass is 315 g/mol. The summed E-state index contributed by atoms with van der Waals surface area (Å²) < 4.78 is 19.4. The molecular weight excluding hydrogens is 301 g/mol. The Morgan fingerprint density at radius 1 is 0.792 bits per heavy atom. The first-order chi connectivity index (χ1) is 11.8. The Morgan fingerprint density at radius 3 is 2.42 bits per heavy atom. The second kappa shape index (κ2) is 6.13. The molecule has 116 valence electrons. The summed E-state index contributed by atoms with van der Waals surface area (Å²) in [7, 11) is 0. The third-order valence-electron chi connectivity index (χ3n) is 3.82. The lowest BCUT2D eigenvalue weighted by Crippen LogP contribution is -1.79. The van der Waals surface area contributed by atoms with Gasteiger partial charge in [-0.1, -0.05) is 54.6 Å². The molecule has 4 aromatic rings. The average molecular weight is 315 g/mol. The fraction of sp³-hybridized carbons (Fsp3) is 0. The van der Waals surface area contributed by atoms with Crippen LogP contribution in [0.5, 0.6) is 0 Å². The topological polar surface area (TPSA) is 26.0 Å². The first-order valence-corrected chi connectivity index (χ1v) is 7.68. The Labute approximate surface area is 138 Å². The lowest BCUT2D eigenvalue weighted by Gasteiger charge is -1.99. The molecule has 3 heteroatoms. The Balaban J connectivity index is 1.68. The Kier molecular flexibility index (Phi) is 3.67. The number of nitrogens with zero attached hydrogens (tertiary/aromatic N) is 1. The summed E-state index contributed by atoms with van der Waals surface area (Å²) in [6, 6.07) is 22.6. The van der Waals surface area contributed by atoms with Crippen LogP contribution in [0.25, 0.3) is 34.4 Å². The number of hydrogen-bond donors (Lipinski definition) is 0. The fourth-order valence-electron chi connectivity index (χ4n) is 2.60. The van der Waals surface area contributed by atoms with Crippen LogP contribution in [0.2, 0.25) is 0 Å². The van der Waals surface area contributed by atoms with E-state index in [0.717, 1.165) is 16.6 Å². The molecule has 0 radical (unpaired) electrons. The molecule has 0 spiro atoms. The van der Waals surface area contributed by atoms with Crippen LogP contribution in [0, 0.1) is 5.82 Å². The summed E-state index contributed by atoms with van der Waals surface area (Å²) in [5.41, 5.74) is 4.19. The van der Waals surface area contributed by atoms with Gasteiger partial charge in [0.25, 0.3) is 0 Å². The van der Waals surface area contributed by atoms with E-state index in [1.165, 1.54) is 6.07 Å². The number of aromatic nitrogens is 1. The minimum absolute atomic E-state index is 0.267. The van der Waals surface area contributed by atoms with Crippen molar-refractivity contribution in [1.29, 1.82) is 0 Å². The maximum absolute atomic E-state index is 13.6. The molecule has 0 amide bonds. The van der Waals surface area contributed by atoms with Gasteiger partial charge in [-0.05, 0) is 35.4 Å². The zero-order valence-electron chi connectivity index (χ0n) is 12.8. The summed E-state index contributed by atoms with van der Waals surface area (Å²) in [5.74, 6) is 0.190. The molecule has 0 N–H and O–H groups in total. The van der Waals surface area contributed by atoms with E-state index < -0.39 is 0 Å². The normalized spacial score (nSPS) is 11.4. The van der Waals surface area contributed by atoms with Crippen molar-refractivity contribution >= 4 is 23.3 Å². The molecule has 0 aliphatic heterocycles. The van der Waals surface area contributed by atoms with Crippen molar-refractivity contribution in [2.75, 3.05) is 0 Å². The zero-order valence-corrected chi connectivity index (χ0v) is 12.8. The van der Waals surface area contributed by atoms with Crippen LogP contribution in [0.4, 0.5) is 4.39 Å². The summed E-state index contributed by atoms with van der Waals surface area (Å²) >= 11 is 0. The SMILES string of the molecule is Fc1ccccc1/C=C/c1nc2ccc(-c3ccccc3)cc2o1. The Bertz CT molecular complexity index is 1020. The van der Waals surface area contributed by atoms with Gasteiger partial charge in [0.15, 0.2) is 5.58 Å². The highest BCUT2D eigenvalue weighted by atomic mass is 19.1. The predicted molar refractivity (Wildman–Crippen MR) is 94.8 cm³/mol. The number of halogens is 1. The van der Waals surface area contributed by atoms with Gasteiger partial charge in [-0.25, -0.2) is 9.37 Å². The molecule has 1 aromatic heterocycles. The lowest BCUT2D eigenvalue weighted by molar-refractivity contribution is 0.589. The van der Waals surface area contributed by atoms with E-state index in [1.807, 2.05) is 36.4 Å². The molecule has 0 saturated carbocycles. The minimum Gasteiger partial charge on any atom is -0.437 e. The highest BCUT2D eigenvalue weighted by Gasteiger charge is 2.06. The molecule has 0 unspecified atom stereocenters. The summed E-state index contributed by atoms with van der Waals surface area (Å²) in [6.45, 7) is 0. The average Bonchev–Trinajstić information content (AvgIpc) is 3.04. The van der Waals surface area contributed by atoms with E-state index >= 15 is 0 Å². The van der Waals surface area contributed by atoms with Crippen molar-refractivity contribution < 1.29 is 8.81 Å². The van der Waals surface area contributed by atoms with Crippen LogP contribution < -0.4 is 0 Å². The first kappa shape index (κ1) is 14.4. The molecule has 0 saturated heterocycles. The number of oxazole rings is 1. The molecule has 1 heterocycles. The number of fused-ring (bicyclic) bond motifs is 1. The van der Waals surface area contributed by atoms with Crippen molar-refractivity contribution in [2.24, 2.45) is 0 Å². The number of rotatable bonds is 3. The molecule has 0 aliphatic carbocycles. The highest BCUT2D eigenvalue weighted by molar-refractivity contribution is 5.81. The van der Waals surface area contributed by atoms with Gasteiger partial charge >= 0.3 is 0 Å². The van der Waals surface area contributed by atoms with Gasteiger partial charge in [0.05, 0.1) is 0 Å². The smallest absolute Gasteiger partial charge is 0.220 e. The molecule has 3 aromatic carbocycles. The second-order valence-electron chi connectivity index (χ2n) is 5.46. The lowest BCUT2D eigenvalue weighted by atomic mass is 10.1. The van der Waals surface area contributed by atoms with Crippen molar-refractivity contribution in [2.45, 2.75) is 0 Å².